The molecule has 1 aromatic carbocycles. The Morgan fingerprint density at radius 2 is 1.83 bits per heavy atom. The Morgan fingerprint density at radius 1 is 1.24 bits per heavy atom. The van der Waals surface area contributed by atoms with Crippen molar-refractivity contribution in [1.29, 1.82) is 0 Å². The van der Waals surface area contributed by atoms with Crippen LogP contribution in [0.25, 0.3) is 0 Å². The summed E-state index contributed by atoms with van der Waals surface area (Å²) >= 11 is 0. The van der Waals surface area contributed by atoms with Gasteiger partial charge in [-0.3, -0.25) is 4.99 Å². The molecular weight excluding hydrogens is 528 g/mol. The van der Waals surface area contributed by atoms with Gasteiger partial charge in [0.25, 0.3) is 0 Å². The smallest absolute Gasteiger partial charge is 0.493 e. The molecule has 0 saturated carbocycles. The minimum absolute atomic E-state index is 0. The number of anilines is 1. The van der Waals surface area contributed by atoms with E-state index in [0.717, 1.165) is 0 Å². The van der Waals surface area contributed by atoms with Crippen molar-refractivity contribution in [3.8, 4) is 11.5 Å². The zero-order chi connectivity index (χ0) is 20.9. The topological polar surface area (TPSA) is 106 Å². The molecule has 8 nitrogen and oxygen atoms in total. The SMILES string of the molecule is COc1ccc(NC(N)=NCC2CCN(S(=O)(=O)C(F)(F)F)CC2)cc1OC.I. The summed E-state index contributed by atoms with van der Waals surface area (Å²) in [6, 6.07) is 5.11. The second-order valence-corrected chi connectivity index (χ2v) is 8.14. The fourth-order valence-electron chi connectivity index (χ4n) is 2.81. The first-order valence-corrected chi connectivity index (χ1v) is 9.88. The van der Waals surface area contributed by atoms with Gasteiger partial charge in [0.1, 0.15) is 0 Å². The van der Waals surface area contributed by atoms with Gasteiger partial charge in [-0.05, 0) is 30.9 Å². The number of rotatable bonds is 6. The third-order valence-electron chi connectivity index (χ3n) is 4.38. The Labute approximate surface area is 184 Å². The monoisotopic (exact) mass is 552 g/mol. The Morgan fingerprint density at radius 3 is 2.34 bits per heavy atom. The van der Waals surface area contributed by atoms with Crippen molar-refractivity contribution >= 4 is 45.6 Å². The molecule has 0 aromatic heterocycles. The van der Waals surface area contributed by atoms with Gasteiger partial charge in [0.2, 0.25) is 0 Å². The zero-order valence-electron chi connectivity index (χ0n) is 15.9. The molecule has 1 aliphatic rings. The van der Waals surface area contributed by atoms with Crippen LogP contribution in [-0.2, 0) is 10.0 Å². The minimum atomic E-state index is -5.27. The van der Waals surface area contributed by atoms with E-state index in [1.807, 2.05) is 0 Å². The number of guanidine groups is 1. The van der Waals surface area contributed by atoms with Crippen molar-refractivity contribution in [3.63, 3.8) is 0 Å². The summed E-state index contributed by atoms with van der Waals surface area (Å²) in [5, 5.41) is 2.90. The summed E-state index contributed by atoms with van der Waals surface area (Å²) in [5.74, 6) is 1.16. The van der Waals surface area contributed by atoms with Crippen LogP contribution in [0.1, 0.15) is 12.8 Å². The number of nitrogens with two attached hydrogens (primary N) is 1. The maximum absolute atomic E-state index is 12.6. The molecule has 1 heterocycles. The number of aliphatic imine (C=N–C) groups is 1. The van der Waals surface area contributed by atoms with Crippen LogP contribution in [0.5, 0.6) is 11.5 Å². The molecule has 13 heteroatoms. The van der Waals surface area contributed by atoms with E-state index < -0.39 is 15.5 Å². The number of hydrogen-bond acceptors (Lipinski definition) is 5. The molecule has 1 aliphatic heterocycles. The van der Waals surface area contributed by atoms with Gasteiger partial charge in [0.15, 0.2) is 17.5 Å². The number of piperidine rings is 1. The van der Waals surface area contributed by atoms with Crippen LogP contribution >= 0.6 is 24.0 Å². The summed E-state index contributed by atoms with van der Waals surface area (Å²) in [6.45, 7) is -0.0951. The fraction of sp³-hybridized carbons (Fsp3) is 0.562. The molecule has 29 heavy (non-hydrogen) atoms. The number of nitrogens with zero attached hydrogens (tertiary/aromatic N) is 2. The van der Waals surface area contributed by atoms with E-state index >= 15 is 0 Å². The number of hydrogen-bond donors (Lipinski definition) is 2. The number of sulfonamides is 1. The molecule has 1 fully saturated rings. The second-order valence-electron chi connectivity index (χ2n) is 6.21. The van der Waals surface area contributed by atoms with E-state index in [9.17, 15) is 21.6 Å². The van der Waals surface area contributed by atoms with Crippen molar-refractivity contribution in [2.24, 2.45) is 16.6 Å². The van der Waals surface area contributed by atoms with Crippen LogP contribution in [0, 0.1) is 5.92 Å². The van der Waals surface area contributed by atoms with Crippen LogP contribution < -0.4 is 20.5 Å². The molecule has 0 spiro atoms. The van der Waals surface area contributed by atoms with Crippen LogP contribution in [-0.4, -0.2) is 58.0 Å². The van der Waals surface area contributed by atoms with Crippen molar-refractivity contribution in [3.05, 3.63) is 18.2 Å². The Kier molecular flexibility index (Phi) is 9.27. The third-order valence-corrected chi connectivity index (χ3v) is 6.01. The molecule has 0 bridgehead atoms. The highest BCUT2D eigenvalue weighted by Crippen LogP contribution is 2.31. The van der Waals surface area contributed by atoms with E-state index in [-0.39, 0.29) is 68.3 Å². The van der Waals surface area contributed by atoms with Gasteiger partial charge < -0.3 is 20.5 Å². The van der Waals surface area contributed by atoms with Crippen LogP contribution in [0.3, 0.4) is 0 Å². The molecule has 1 saturated heterocycles. The van der Waals surface area contributed by atoms with Gasteiger partial charge in [-0.15, -0.1) is 24.0 Å². The van der Waals surface area contributed by atoms with E-state index in [1.165, 1.54) is 14.2 Å². The van der Waals surface area contributed by atoms with Gasteiger partial charge in [0.05, 0.1) is 14.2 Å². The molecule has 0 aliphatic carbocycles. The Hall–Kier alpha value is -1.48. The molecule has 1 aromatic rings. The predicted octanol–water partition coefficient (Wildman–Crippen LogP) is 2.61. The zero-order valence-corrected chi connectivity index (χ0v) is 19.0. The number of benzene rings is 1. The van der Waals surface area contributed by atoms with E-state index in [2.05, 4.69) is 10.3 Å². The quantitative estimate of drug-likeness (QED) is 0.320. The van der Waals surface area contributed by atoms with Gasteiger partial charge >= 0.3 is 15.5 Å². The van der Waals surface area contributed by atoms with E-state index in [1.54, 1.807) is 18.2 Å². The normalized spacial score (nSPS) is 16.8. The lowest BCUT2D eigenvalue weighted by Gasteiger charge is -2.30. The molecular formula is C16H24F3IN4O4S. The summed E-state index contributed by atoms with van der Waals surface area (Å²) in [7, 11) is -2.24. The van der Waals surface area contributed by atoms with E-state index in [4.69, 9.17) is 15.2 Å². The summed E-state index contributed by atoms with van der Waals surface area (Å²) in [6.07, 6.45) is 0.560. The lowest BCUT2D eigenvalue weighted by Crippen LogP contribution is -2.45. The summed E-state index contributed by atoms with van der Waals surface area (Å²) in [4.78, 5) is 4.20. The second kappa shape index (κ2) is 10.5. The maximum Gasteiger partial charge on any atom is 0.511 e. The van der Waals surface area contributed by atoms with Gasteiger partial charge in [-0.2, -0.15) is 17.5 Å². The number of ether oxygens (including phenoxy) is 2. The minimum Gasteiger partial charge on any atom is -0.493 e. The predicted molar refractivity (Wildman–Crippen MR) is 114 cm³/mol. The highest BCUT2D eigenvalue weighted by Gasteiger charge is 2.50. The highest BCUT2D eigenvalue weighted by atomic mass is 127. The summed E-state index contributed by atoms with van der Waals surface area (Å²) < 4.78 is 71.4. The first kappa shape index (κ1) is 25.6. The highest BCUT2D eigenvalue weighted by molar-refractivity contribution is 14.0. The van der Waals surface area contributed by atoms with Crippen LogP contribution in [0.15, 0.2) is 23.2 Å². The van der Waals surface area contributed by atoms with Crippen molar-refractivity contribution in [2.75, 3.05) is 39.2 Å². The first-order valence-electron chi connectivity index (χ1n) is 8.44. The fourth-order valence-corrected chi connectivity index (χ4v) is 3.79. The Bertz CT molecular complexity index is 813. The van der Waals surface area contributed by atoms with Gasteiger partial charge in [-0.1, -0.05) is 0 Å². The maximum atomic E-state index is 12.6. The molecule has 0 atom stereocenters. The van der Waals surface area contributed by atoms with Crippen molar-refractivity contribution in [2.45, 2.75) is 18.3 Å². The summed E-state index contributed by atoms with van der Waals surface area (Å²) in [5.41, 5.74) is 1.21. The molecule has 166 valence electrons. The van der Waals surface area contributed by atoms with Gasteiger partial charge in [-0.25, -0.2) is 8.42 Å². The number of nitrogens with one attached hydrogen (secondary N) is 1. The average molecular weight is 552 g/mol. The number of halogens is 4. The first-order chi connectivity index (χ1) is 13.1. The Balaban J connectivity index is 0.00000420. The van der Waals surface area contributed by atoms with Gasteiger partial charge in [0, 0.05) is 31.4 Å². The molecule has 2 rings (SSSR count). The molecule has 0 unspecified atom stereocenters. The van der Waals surface area contributed by atoms with Crippen LogP contribution in [0.2, 0.25) is 0 Å². The largest absolute Gasteiger partial charge is 0.511 e. The third kappa shape index (κ3) is 6.50. The van der Waals surface area contributed by atoms with Crippen molar-refractivity contribution in [1.82, 2.24) is 4.31 Å². The lowest BCUT2D eigenvalue weighted by molar-refractivity contribution is -0.0496. The molecule has 3 N–H and O–H groups in total. The van der Waals surface area contributed by atoms with Crippen molar-refractivity contribution < 1.29 is 31.1 Å². The number of alkyl halides is 3. The molecule has 0 amide bonds. The standard InChI is InChI=1S/C16H23F3N4O4S.HI/c1-26-13-4-3-12(9-14(13)27-2)22-15(20)21-10-11-5-7-23(8-6-11)28(24,25)16(17,18)19;/h3-4,9,11H,5-8,10H2,1-2H3,(H3,20,21,22);1H. The average Bonchev–Trinajstić information content (AvgIpc) is 2.65. The lowest BCUT2D eigenvalue weighted by atomic mass is 9.98. The number of methoxy groups -OCH3 is 2. The van der Waals surface area contributed by atoms with Crippen LogP contribution in [0.4, 0.5) is 18.9 Å². The molecule has 0 radical (unpaired) electrons. The van der Waals surface area contributed by atoms with E-state index in [0.29, 0.717) is 21.5 Å².